The van der Waals surface area contributed by atoms with Crippen molar-refractivity contribution in [1.29, 1.82) is 5.26 Å². The molecule has 25 heavy (non-hydrogen) atoms. The summed E-state index contributed by atoms with van der Waals surface area (Å²) in [5, 5.41) is 9.55. The molecule has 0 bridgehead atoms. The van der Waals surface area contributed by atoms with Gasteiger partial charge in [-0.3, -0.25) is 14.4 Å². The topological polar surface area (TPSA) is 84.2 Å². The summed E-state index contributed by atoms with van der Waals surface area (Å²) in [7, 11) is 0. The van der Waals surface area contributed by atoms with E-state index in [0.29, 0.717) is 16.0 Å². The summed E-state index contributed by atoms with van der Waals surface area (Å²) in [6.45, 7) is 1.99. The first-order valence-corrected chi connectivity index (χ1v) is 8.61. The van der Waals surface area contributed by atoms with Crippen LogP contribution in [0.2, 0.25) is 0 Å². The fourth-order valence-corrected chi connectivity index (χ4v) is 3.55. The molecule has 2 aromatic carbocycles. The quantitative estimate of drug-likeness (QED) is 0.531. The second-order valence-electron chi connectivity index (χ2n) is 5.27. The van der Waals surface area contributed by atoms with Crippen LogP contribution in [0.15, 0.2) is 41.3 Å². The summed E-state index contributed by atoms with van der Waals surface area (Å²) in [5.41, 5.74) is 1.10. The summed E-state index contributed by atoms with van der Waals surface area (Å²) in [6, 6.07) is 11.7. The molecule has 6 heteroatoms. The predicted octanol–water partition coefficient (Wildman–Crippen LogP) is 2.99. The minimum atomic E-state index is -0.401. The molecule has 0 atom stereocenters. The number of ether oxygens (including phenoxy) is 1. The van der Waals surface area contributed by atoms with E-state index in [0.717, 1.165) is 11.8 Å². The van der Waals surface area contributed by atoms with Crippen LogP contribution in [0.25, 0.3) is 0 Å². The van der Waals surface area contributed by atoms with E-state index in [-0.39, 0.29) is 40.6 Å². The van der Waals surface area contributed by atoms with Gasteiger partial charge in [-0.15, -0.1) is 11.8 Å². The molecule has 5 nitrogen and oxygen atoms in total. The molecule has 0 saturated heterocycles. The molecule has 1 aliphatic carbocycles. The fraction of sp³-hybridized carbons (Fsp3) is 0.158. The van der Waals surface area contributed by atoms with Crippen molar-refractivity contribution >= 4 is 29.3 Å². The molecule has 1 aliphatic rings. The first kappa shape index (κ1) is 16.9. The van der Waals surface area contributed by atoms with Crippen LogP contribution in [0, 0.1) is 11.3 Å². The van der Waals surface area contributed by atoms with Crippen molar-refractivity contribution in [2.75, 3.05) is 12.4 Å². The number of benzene rings is 2. The standard InChI is InChI=1S/C19H13NO4S/c1-2-24-16(21)10-25-15-8-7-13-17(14(15)9-20)19(23)12-6-4-3-5-11(12)18(13)22/h3-8H,2,10H2,1H3. The Bertz CT molecular complexity index is 943. The summed E-state index contributed by atoms with van der Waals surface area (Å²) in [4.78, 5) is 37.5. The third-order valence-corrected chi connectivity index (χ3v) is 4.85. The van der Waals surface area contributed by atoms with Crippen LogP contribution in [0.5, 0.6) is 0 Å². The van der Waals surface area contributed by atoms with E-state index in [1.54, 1.807) is 43.3 Å². The SMILES string of the molecule is CCOC(=O)CSc1ccc2c(c1C#N)C(=O)c1ccccc1C2=O. The van der Waals surface area contributed by atoms with E-state index < -0.39 is 5.97 Å². The van der Waals surface area contributed by atoms with Crippen LogP contribution in [-0.4, -0.2) is 29.9 Å². The van der Waals surface area contributed by atoms with E-state index in [1.165, 1.54) is 0 Å². The first-order chi connectivity index (χ1) is 12.1. The molecule has 124 valence electrons. The number of carbonyl (C=O) groups is 3. The summed E-state index contributed by atoms with van der Waals surface area (Å²) in [5.74, 6) is -0.995. The van der Waals surface area contributed by atoms with Gasteiger partial charge in [-0.2, -0.15) is 5.26 Å². The van der Waals surface area contributed by atoms with E-state index in [1.807, 2.05) is 6.07 Å². The average molecular weight is 351 g/mol. The highest BCUT2D eigenvalue weighted by Crippen LogP contribution is 2.34. The van der Waals surface area contributed by atoms with Crippen molar-refractivity contribution in [2.45, 2.75) is 11.8 Å². The molecule has 0 amide bonds. The van der Waals surface area contributed by atoms with Crippen LogP contribution >= 0.6 is 11.8 Å². The van der Waals surface area contributed by atoms with Gasteiger partial charge in [0.1, 0.15) is 6.07 Å². The molecule has 0 N–H and O–H groups in total. The molecule has 0 heterocycles. The van der Waals surface area contributed by atoms with Gasteiger partial charge in [0, 0.05) is 21.6 Å². The normalized spacial score (nSPS) is 12.2. The molecule has 0 aliphatic heterocycles. The van der Waals surface area contributed by atoms with Crippen molar-refractivity contribution < 1.29 is 19.1 Å². The van der Waals surface area contributed by atoms with Crippen molar-refractivity contribution in [1.82, 2.24) is 0 Å². The number of esters is 1. The summed E-state index contributed by atoms with van der Waals surface area (Å²) in [6.07, 6.45) is 0. The van der Waals surface area contributed by atoms with E-state index >= 15 is 0 Å². The van der Waals surface area contributed by atoms with Gasteiger partial charge in [-0.05, 0) is 19.1 Å². The maximum absolute atomic E-state index is 12.8. The fourth-order valence-electron chi connectivity index (χ4n) is 2.74. The summed E-state index contributed by atoms with van der Waals surface area (Å²) >= 11 is 1.12. The number of nitrogens with zero attached hydrogens (tertiary/aromatic N) is 1. The Labute approximate surface area is 148 Å². The van der Waals surface area contributed by atoms with Crippen LogP contribution in [0.4, 0.5) is 0 Å². The Kier molecular flexibility index (Phi) is 4.68. The highest BCUT2D eigenvalue weighted by Gasteiger charge is 2.32. The lowest BCUT2D eigenvalue weighted by atomic mass is 9.82. The lowest BCUT2D eigenvalue weighted by Gasteiger charge is -2.19. The number of ketones is 2. The number of nitriles is 1. The second kappa shape index (κ2) is 6.91. The maximum Gasteiger partial charge on any atom is 0.316 e. The Morgan fingerprint density at radius 1 is 1.08 bits per heavy atom. The lowest BCUT2D eigenvalue weighted by molar-refractivity contribution is -0.139. The number of rotatable bonds is 4. The average Bonchev–Trinajstić information content (AvgIpc) is 2.63. The molecule has 0 radical (unpaired) electrons. The second-order valence-corrected chi connectivity index (χ2v) is 6.29. The van der Waals surface area contributed by atoms with Gasteiger partial charge < -0.3 is 4.74 Å². The Balaban J connectivity index is 2.05. The molecule has 0 spiro atoms. The monoisotopic (exact) mass is 351 g/mol. The third kappa shape index (κ3) is 2.94. The minimum Gasteiger partial charge on any atom is -0.465 e. The van der Waals surface area contributed by atoms with Gasteiger partial charge >= 0.3 is 5.97 Å². The van der Waals surface area contributed by atoms with Crippen LogP contribution in [0.3, 0.4) is 0 Å². The number of hydrogen-bond donors (Lipinski definition) is 0. The predicted molar refractivity (Wildman–Crippen MR) is 91.8 cm³/mol. The Morgan fingerprint density at radius 2 is 1.76 bits per heavy atom. The van der Waals surface area contributed by atoms with Crippen LogP contribution < -0.4 is 0 Å². The van der Waals surface area contributed by atoms with E-state index in [9.17, 15) is 19.6 Å². The van der Waals surface area contributed by atoms with Gasteiger partial charge in [0.2, 0.25) is 0 Å². The third-order valence-electron chi connectivity index (χ3n) is 3.82. The number of hydrogen-bond acceptors (Lipinski definition) is 6. The van der Waals surface area contributed by atoms with Crippen molar-refractivity contribution in [3.63, 3.8) is 0 Å². The Morgan fingerprint density at radius 3 is 2.40 bits per heavy atom. The van der Waals surface area contributed by atoms with Crippen LogP contribution in [-0.2, 0) is 9.53 Å². The zero-order chi connectivity index (χ0) is 18.0. The molecular formula is C19H13NO4S. The van der Waals surface area contributed by atoms with Gasteiger partial charge in [0.05, 0.1) is 23.5 Å². The molecule has 2 aromatic rings. The highest BCUT2D eigenvalue weighted by molar-refractivity contribution is 8.00. The van der Waals surface area contributed by atoms with Crippen molar-refractivity contribution in [3.8, 4) is 6.07 Å². The number of carbonyl (C=O) groups excluding carboxylic acids is 3. The van der Waals surface area contributed by atoms with Crippen LogP contribution in [0.1, 0.15) is 44.3 Å². The zero-order valence-electron chi connectivity index (χ0n) is 13.4. The molecule has 0 saturated carbocycles. The van der Waals surface area contributed by atoms with Gasteiger partial charge in [0.25, 0.3) is 0 Å². The van der Waals surface area contributed by atoms with Gasteiger partial charge in [0.15, 0.2) is 11.6 Å². The number of fused-ring (bicyclic) bond motifs is 2. The first-order valence-electron chi connectivity index (χ1n) is 7.62. The minimum absolute atomic E-state index is 0.0278. The zero-order valence-corrected chi connectivity index (χ0v) is 14.2. The molecule has 0 aromatic heterocycles. The van der Waals surface area contributed by atoms with E-state index in [2.05, 4.69) is 0 Å². The molecule has 3 rings (SSSR count). The highest BCUT2D eigenvalue weighted by atomic mass is 32.2. The van der Waals surface area contributed by atoms with Gasteiger partial charge in [-0.25, -0.2) is 0 Å². The maximum atomic E-state index is 12.8. The molecule has 0 fully saturated rings. The smallest absolute Gasteiger partial charge is 0.316 e. The lowest BCUT2D eigenvalue weighted by Crippen LogP contribution is -2.22. The summed E-state index contributed by atoms with van der Waals surface area (Å²) < 4.78 is 4.87. The van der Waals surface area contributed by atoms with Crippen molar-refractivity contribution in [2.24, 2.45) is 0 Å². The number of thioether (sulfide) groups is 1. The van der Waals surface area contributed by atoms with Gasteiger partial charge in [-0.1, -0.05) is 24.3 Å². The van der Waals surface area contributed by atoms with Crippen molar-refractivity contribution in [3.05, 3.63) is 64.2 Å². The largest absolute Gasteiger partial charge is 0.465 e. The molecule has 0 unspecified atom stereocenters. The van der Waals surface area contributed by atoms with E-state index in [4.69, 9.17) is 4.74 Å². The molecular weight excluding hydrogens is 338 g/mol. The Hall–Kier alpha value is -2.91.